The van der Waals surface area contributed by atoms with Gasteiger partial charge in [0.15, 0.2) is 0 Å². The third kappa shape index (κ3) is 2.17. The van der Waals surface area contributed by atoms with Gasteiger partial charge in [0.05, 0.1) is 11.2 Å². The Hall–Kier alpha value is -2.35. The maximum absolute atomic E-state index is 9.36. The zero-order valence-electron chi connectivity index (χ0n) is 10.8. The predicted molar refractivity (Wildman–Crippen MR) is 78.2 cm³/mol. The Morgan fingerprint density at radius 3 is 2.47 bits per heavy atom. The van der Waals surface area contributed by atoms with E-state index in [9.17, 15) is 5.11 Å². The number of aryl methyl sites for hydroxylation is 1. The first kappa shape index (κ1) is 11.7. The van der Waals surface area contributed by atoms with Gasteiger partial charge in [-0.25, -0.2) is 4.98 Å². The van der Waals surface area contributed by atoms with Crippen molar-refractivity contribution in [2.45, 2.75) is 13.3 Å². The summed E-state index contributed by atoms with van der Waals surface area (Å²) in [4.78, 5) is 4.70. The van der Waals surface area contributed by atoms with Gasteiger partial charge in [0, 0.05) is 10.9 Å². The molecule has 0 saturated heterocycles. The number of benzene rings is 2. The number of pyridine rings is 1. The summed E-state index contributed by atoms with van der Waals surface area (Å²) in [5.41, 5.74) is 4.30. The molecule has 0 aliphatic carbocycles. The zero-order valence-corrected chi connectivity index (χ0v) is 10.8. The summed E-state index contributed by atoms with van der Waals surface area (Å²) in [7, 11) is 0. The van der Waals surface area contributed by atoms with E-state index < -0.39 is 0 Å². The van der Waals surface area contributed by atoms with Gasteiger partial charge in [-0.05, 0) is 48.4 Å². The molecule has 2 nitrogen and oxygen atoms in total. The largest absolute Gasteiger partial charge is 0.508 e. The molecule has 1 N–H and O–H groups in total. The number of aromatic hydroxyl groups is 1. The van der Waals surface area contributed by atoms with Crippen LogP contribution in [0.2, 0.25) is 0 Å². The average Bonchev–Trinajstić information content (AvgIpc) is 2.47. The summed E-state index contributed by atoms with van der Waals surface area (Å²) in [6, 6.07) is 17.5. The SMILES string of the molecule is CCc1cc(-c2ccc(O)cc2)nc2ccccc12. The third-order valence-electron chi connectivity index (χ3n) is 3.35. The molecule has 0 spiro atoms. The third-order valence-corrected chi connectivity index (χ3v) is 3.35. The fourth-order valence-electron chi connectivity index (χ4n) is 2.32. The van der Waals surface area contributed by atoms with Crippen molar-refractivity contribution >= 4 is 10.9 Å². The van der Waals surface area contributed by atoms with E-state index in [2.05, 4.69) is 19.1 Å². The molecule has 0 amide bonds. The van der Waals surface area contributed by atoms with Crippen LogP contribution in [0.25, 0.3) is 22.2 Å². The van der Waals surface area contributed by atoms with Crippen LogP contribution in [0, 0.1) is 0 Å². The maximum atomic E-state index is 9.36. The van der Waals surface area contributed by atoms with Crippen molar-refractivity contribution in [3.8, 4) is 17.0 Å². The first-order chi connectivity index (χ1) is 9.28. The van der Waals surface area contributed by atoms with E-state index in [0.29, 0.717) is 0 Å². The average molecular weight is 249 g/mol. The summed E-state index contributed by atoms with van der Waals surface area (Å²) < 4.78 is 0. The summed E-state index contributed by atoms with van der Waals surface area (Å²) in [5.74, 6) is 0.278. The van der Waals surface area contributed by atoms with E-state index in [1.807, 2.05) is 30.3 Å². The fourth-order valence-corrected chi connectivity index (χ4v) is 2.32. The van der Waals surface area contributed by atoms with Gasteiger partial charge in [-0.15, -0.1) is 0 Å². The molecule has 3 aromatic rings. The molecule has 1 heterocycles. The predicted octanol–water partition coefficient (Wildman–Crippen LogP) is 4.17. The fraction of sp³-hybridized carbons (Fsp3) is 0.118. The van der Waals surface area contributed by atoms with Gasteiger partial charge in [0.25, 0.3) is 0 Å². The second-order valence-electron chi connectivity index (χ2n) is 4.58. The second-order valence-corrected chi connectivity index (χ2v) is 4.58. The Labute approximate surface area is 112 Å². The molecular formula is C17H15NO. The summed E-state index contributed by atoms with van der Waals surface area (Å²) in [6.07, 6.45) is 0.980. The first-order valence-electron chi connectivity index (χ1n) is 6.46. The summed E-state index contributed by atoms with van der Waals surface area (Å²) >= 11 is 0. The lowest BCUT2D eigenvalue weighted by Crippen LogP contribution is -1.91. The van der Waals surface area contributed by atoms with Gasteiger partial charge >= 0.3 is 0 Å². The minimum absolute atomic E-state index is 0.278. The quantitative estimate of drug-likeness (QED) is 0.739. The second kappa shape index (κ2) is 4.73. The van der Waals surface area contributed by atoms with Crippen molar-refractivity contribution in [1.82, 2.24) is 4.98 Å². The minimum atomic E-state index is 0.278. The molecule has 0 fully saturated rings. The zero-order chi connectivity index (χ0) is 13.2. The van der Waals surface area contributed by atoms with E-state index >= 15 is 0 Å². The van der Waals surface area contributed by atoms with Crippen LogP contribution in [-0.4, -0.2) is 10.1 Å². The number of fused-ring (bicyclic) bond motifs is 1. The van der Waals surface area contributed by atoms with Gasteiger partial charge in [-0.1, -0.05) is 25.1 Å². The number of aromatic nitrogens is 1. The first-order valence-corrected chi connectivity index (χ1v) is 6.46. The van der Waals surface area contributed by atoms with E-state index in [1.54, 1.807) is 12.1 Å². The Morgan fingerprint density at radius 2 is 1.74 bits per heavy atom. The normalized spacial score (nSPS) is 10.8. The minimum Gasteiger partial charge on any atom is -0.508 e. The molecular weight excluding hydrogens is 234 g/mol. The molecule has 1 aromatic heterocycles. The monoisotopic (exact) mass is 249 g/mol. The Bertz CT molecular complexity index is 717. The molecule has 2 aromatic carbocycles. The van der Waals surface area contributed by atoms with Gasteiger partial charge in [0.2, 0.25) is 0 Å². The van der Waals surface area contributed by atoms with Crippen molar-refractivity contribution in [2.75, 3.05) is 0 Å². The van der Waals surface area contributed by atoms with Crippen molar-refractivity contribution in [1.29, 1.82) is 0 Å². The number of para-hydroxylation sites is 1. The Morgan fingerprint density at radius 1 is 1.00 bits per heavy atom. The lowest BCUT2D eigenvalue weighted by Gasteiger charge is -2.08. The van der Waals surface area contributed by atoms with Crippen molar-refractivity contribution < 1.29 is 5.11 Å². The molecule has 0 unspecified atom stereocenters. The van der Waals surface area contributed by atoms with E-state index in [0.717, 1.165) is 23.2 Å². The standard InChI is InChI=1S/C17H15NO/c1-2-12-11-17(13-7-9-14(19)10-8-13)18-16-6-4-3-5-15(12)16/h3-11,19H,2H2,1H3. The number of nitrogens with zero attached hydrogens (tertiary/aromatic N) is 1. The topological polar surface area (TPSA) is 33.1 Å². The molecule has 19 heavy (non-hydrogen) atoms. The van der Waals surface area contributed by atoms with Gasteiger partial charge in [0.1, 0.15) is 5.75 Å². The van der Waals surface area contributed by atoms with Crippen LogP contribution < -0.4 is 0 Å². The molecule has 2 heteroatoms. The number of phenolic OH excluding ortho intramolecular Hbond substituents is 1. The number of hydrogen-bond donors (Lipinski definition) is 1. The molecule has 0 radical (unpaired) electrons. The smallest absolute Gasteiger partial charge is 0.115 e. The molecule has 0 atom stereocenters. The van der Waals surface area contributed by atoms with Gasteiger partial charge in [-0.3, -0.25) is 0 Å². The van der Waals surface area contributed by atoms with E-state index in [-0.39, 0.29) is 5.75 Å². The summed E-state index contributed by atoms with van der Waals surface area (Å²) in [5, 5.41) is 10.6. The van der Waals surface area contributed by atoms with Crippen LogP contribution in [0.4, 0.5) is 0 Å². The lowest BCUT2D eigenvalue weighted by molar-refractivity contribution is 0.475. The van der Waals surface area contributed by atoms with Crippen LogP contribution in [0.15, 0.2) is 54.6 Å². The number of rotatable bonds is 2. The molecule has 3 rings (SSSR count). The highest BCUT2D eigenvalue weighted by molar-refractivity contribution is 5.85. The van der Waals surface area contributed by atoms with Gasteiger partial charge < -0.3 is 5.11 Å². The van der Waals surface area contributed by atoms with Crippen molar-refractivity contribution in [3.05, 3.63) is 60.2 Å². The molecule has 0 saturated carbocycles. The maximum Gasteiger partial charge on any atom is 0.115 e. The van der Waals surface area contributed by atoms with E-state index in [4.69, 9.17) is 4.98 Å². The Kier molecular flexibility index (Phi) is 2.92. The van der Waals surface area contributed by atoms with Crippen LogP contribution in [-0.2, 0) is 6.42 Å². The molecule has 94 valence electrons. The highest BCUT2D eigenvalue weighted by atomic mass is 16.3. The molecule has 0 bridgehead atoms. The highest BCUT2D eigenvalue weighted by Crippen LogP contribution is 2.26. The highest BCUT2D eigenvalue weighted by Gasteiger charge is 2.06. The number of phenols is 1. The molecule has 0 aliphatic heterocycles. The van der Waals surface area contributed by atoms with Crippen LogP contribution in [0.1, 0.15) is 12.5 Å². The van der Waals surface area contributed by atoms with Crippen molar-refractivity contribution in [2.24, 2.45) is 0 Å². The van der Waals surface area contributed by atoms with Crippen LogP contribution >= 0.6 is 0 Å². The van der Waals surface area contributed by atoms with Crippen LogP contribution in [0.5, 0.6) is 5.75 Å². The van der Waals surface area contributed by atoms with Crippen molar-refractivity contribution in [3.63, 3.8) is 0 Å². The van der Waals surface area contributed by atoms with E-state index in [1.165, 1.54) is 10.9 Å². The van der Waals surface area contributed by atoms with Crippen LogP contribution in [0.3, 0.4) is 0 Å². The number of hydrogen-bond acceptors (Lipinski definition) is 2. The summed E-state index contributed by atoms with van der Waals surface area (Å²) in [6.45, 7) is 2.16. The molecule has 0 aliphatic rings. The lowest BCUT2D eigenvalue weighted by atomic mass is 10.0. The Balaban J connectivity index is 2.22. The van der Waals surface area contributed by atoms with Gasteiger partial charge in [-0.2, -0.15) is 0 Å².